The summed E-state index contributed by atoms with van der Waals surface area (Å²) >= 11 is 0. The highest BCUT2D eigenvalue weighted by molar-refractivity contribution is 5.93. The topological polar surface area (TPSA) is 85.1 Å². The molecule has 0 N–H and O–H groups in total. The first-order valence-corrected chi connectivity index (χ1v) is 9.94. The zero-order chi connectivity index (χ0) is 20.9. The Kier molecular flexibility index (Phi) is 4.39. The van der Waals surface area contributed by atoms with Gasteiger partial charge in [0.05, 0.1) is 44.3 Å². The van der Waals surface area contributed by atoms with Gasteiger partial charge in [-0.05, 0) is 17.7 Å². The number of hydrogen-bond acceptors (Lipinski definition) is 6. The van der Waals surface area contributed by atoms with Crippen LogP contribution in [0.5, 0.6) is 5.75 Å². The zero-order valence-corrected chi connectivity index (χ0v) is 16.9. The number of aromatic nitrogens is 1. The van der Waals surface area contributed by atoms with Crippen LogP contribution in [0.4, 0.5) is 0 Å². The van der Waals surface area contributed by atoms with Gasteiger partial charge in [-0.2, -0.15) is 0 Å². The second kappa shape index (κ2) is 6.98. The summed E-state index contributed by atoms with van der Waals surface area (Å²) in [5.41, 5.74) is 0.247. The second-order valence-electron chi connectivity index (χ2n) is 8.12. The van der Waals surface area contributed by atoms with E-state index in [9.17, 15) is 9.59 Å². The van der Waals surface area contributed by atoms with Crippen molar-refractivity contribution in [3.05, 3.63) is 60.0 Å². The monoisotopic (exact) mass is 409 g/mol. The van der Waals surface area contributed by atoms with Gasteiger partial charge in [-0.15, -0.1) is 0 Å². The summed E-state index contributed by atoms with van der Waals surface area (Å²) < 4.78 is 16.6. The molecule has 0 radical (unpaired) electrons. The van der Waals surface area contributed by atoms with Gasteiger partial charge in [0.1, 0.15) is 11.4 Å². The molecule has 2 aromatic rings. The second-order valence-corrected chi connectivity index (χ2v) is 8.12. The molecule has 2 saturated heterocycles. The first-order chi connectivity index (χ1) is 14.5. The van der Waals surface area contributed by atoms with Crippen LogP contribution in [0.2, 0.25) is 0 Å². The third kappa shape index (κ3) is 2.90. The molecular weight excluding hydrogens is 386 g/mol. The summed E-state index contributed by atoms with van der Waals surface area (Å²) in [5.74, 6) is 0.128. The molecular formula is C22H23N3O5. The van der Waals surface area contributed by atoms with Gasteiger partial charge in [0.2, 0.25) is 11.8 Å². The highest BCUT2D eigenvalue weighted by atomic mass is 16.5. The summed E-state index contributed by atoms with van der Waals surface area (Å²) in [6, 6.07) is 9.37. The van der Waals surface area contributed by atoms with Gasteiger partial charge in [-0.3, -0.25) is 9.59 Å². The van der Waals surface area contributed by atoms with Crippen molar-refractivity contribution >= 4 is 11.8 Å². The van der Waals surface area contributed by atoms with Crippen molar-refractivity contribution in [1.29, 1.82) is 0 Å². The molecule has 8 nitrogen and oxygen atoms in total. The number of carbonyl (C=O) groups is 2. The Morgan fingerprint density at radius 2 is 2.27 bits per heavy atom. The molecule has 0 unspecified atom stereocenters. The number of carbonyl (C=O) groups excluding carboxylic acids is 2. The number of likely N-dealkylation sites (tertiary alicyclic amines) is 1. The maximum absolute atomic E-state index is 13.4. The first kappa shape index (κ1) is 18.9. The molecule has 2 fully saturated rings. The molecule has 5 rings (SSSR count). The lowest BCUT2D eigenvalue weighted by Gasteiger charge is -2.27. The maximum Gasteiger partial charge on any atom is 0.230 e. The molecule has 0 saturated carbocycles. The van der Waals surface area contributed by atoms with Crippen molar-refractivity contribution in [2.75, 3.05) is 20.7 Å². The van der Waals surface area contributed by atoms with Crippen LogP contribution in [0.1, 0.15) is 11.3 Å². The lowest BCUT2D eigenvalue weighted by Crippen LogP contribution is -2.44. The van der Waals surface area contributed by atoms with Crippen LogP contribution in [0.15, 0.2) is 53.2 Å². The van der Waals surface area contributed by atoms with Gasteiger partial charge >= 0.3 is 0 Å². The average molecular weight is 409 g/mol. The Bertz CT molecular complexity index is 1000. The summed E-state index contributed by atoms with van der Waals surface area (Å²) in [7, 11) is 3.33. The van der Waals surface area contributed by atoms with E-state index in [0.717, 1.165) is 11.3 Å². The number of methoxy groups -OCH3 is 1. The average Bonchev–Trinajstić information content (AvgIpc) is 3.51. The molecule has 1 aromatic carbocycles. The summed E-state index contributed by atoms with van der Waals surface area (Å²) in [6.07, 6.45) is 5.06. The van der Waals surface area contributed by atoms with Crippen LogP contribution in [0.25, 0.3) is 0 Å². The Morgan fingerprint density at radius 1 is 1.40 bits per heavy atom. The van der Waals surface area contributed by atoms with Gasteiger partial charge in [0.25, 0.3) is 0 Å². The van der Waals surface area contributed by atoms with E-state index in [1.54, 1.807) is 36.2 Å². The number of benzene rings is 1. The van der Waals surface area contributed by atoms with Gasteiger partial charge in [0, 0.05) is 19.7 Å². The maximum atomic E-state index is 13.4. The molecule has 2 bridgehead atoms. The SMILES string of the molecule is COc1cccc(CN2C[C@]34C=C[C@H](O3)[C@@H](C(=O)N(C)Cc3ccno3)[C@H]4C2=O)c1. The third-order valence-corrected chi connectivity index (χ3v) is 6.23. The van der Waals surface area contributed by atoms with Crippen LogP contribution < -0.4 is 4.74 Å². The Hall–Kier alpha value is -3.13. The summed E-state index contributed by atoms with van der Waals surface area (Å²) in [5, 5.41) is 3.68. The molecule has 4 atom stereocenters. The Labute approximate surface area is 174 Å². The molecule has 156 valence electrons. The summed E-state index contributed by atoms with van der Waals surface area (Å²) in [4.78, 5) is 30.0. The fourth-order valence-corrected chi connectivity index (χ4v) is 4.88. The largest absolute Gasteiger partial charge is 0.497 e. The van der Waals surface area contributed by atoms with Crippen LogP contribution in [0.3, 0.4) is 0 Å². The van der Waals surface area contributed by atoms with E-state index < -0.39 is 17.4 Å². The minimum atomic E-state index is -0.728. The molecule has 3 aliphatic rings. The summed E-state index contributed by atoms with van der Waals surface area (Å²) in [6.45, 7) is 1.19. The predicted octanol–water partition coefficient (Wildman–Crippen LogP) is 1.62. The highest BCUT2D eigenvalue weighted by Gasteiger charge is 2.67. The van der Waals surface area contributed by atoms with Crippen molar-refractivity contribution in [3.63, 3.8) is 0 Å². The molecule has 0 aliphatic carbocycles. The normalized spacial score (nSPS) is 28.8. The van der Waals surface area contributed by atoms with Gasteiger partial charge in [-0.1, -0.05) is 29.4 Å². The Balaban J connectivity index is 1.36. The predicted molar refractivity (Wildman–Crippen MR) is 105 cm³/mol. The third-order valence-electron chi connectivity index (χ3n) is 6.23. The van der Waals surface area contributed by atoms with Gasteiger partial charge < -0.3 is 23.8 Å². The van der Waals surface area contributed by atoms with Gasteiger partial charge in [0.15, 0.2) is 5.76 Å². The van der Waals surface area contributed by atoms with E-state index in [2.05, 4.69) is 5.16 Å². The fourth-order valence-electron chi connectivity index (χ4n) is 4.88. The number of hydrogen-bond donors (Lipinski definition) is 0. The first-order valence-electron chi connectivity index (χ1n) is 9.94. The van der Waals surface area contributed by atoms with Crippen LogP contribution >= 0.6 is 0 Å². The molecule has 3 aliphatic heterocycles. The number of ether oxygens (including phenoxy) is 2. The van der Waals surface area contributed by atoms with Crippen LogP contribution in [-0.2, 0) is 27.4 Å². The van der Waals surface area contributed by atoms with Crippen molar-refractivity contribution in [1.82, 2.24) is 15.0 Å². The fraction of sp³-hybridized carbons (Fsp3) is 0.409. The Morgan fingerprint density at radius 3 is 3.03 bits per heavy atom. The number of nitrogens with zero attached hydrogens (tertiary/aromatic N) is 3. The number of fused-ring (bicyclic) bond motifs is 1. The van der Waals surface area contributed by atoms with E-state index in [4.69, 9.17) is 14.0 Å². The quantitative estimate of drug-likeness (QED) is 0.674. The lowest BCUT2D eigenvalue weighted by atomic mass is 9.76. The van der Waals surface area contributed by atoms with Crippen molar-refractivity contribution in [3.8, 4) is 5.75 Å². The molecule has 1 aromatic heterocycles. The molecule has 30 heavy (non-hydrogen) atoms. The standard InChI is InChI=1S/C22H23N3O5/c1-24(12-16-7-9-23-30-16)20(26)18-17-6-8-22(29-17)13-25(21(27)19(18)22)11-14-4-3-5-15(10-14)28-2/h3-10,17-19H,11-13H2,1-2H3/t17-,18+,19-,22-/m0/s1. The van der Waals surface area contributed by atoms with Crippen LogP contribution in [-0.4, -0.2) is 59.2 Å². The van der Waals surface area contributed by atoms with E-state index in [-0.39, 0.29) is 17.9 Å². The van der Waals surface area contributed by atoms with E-state index in [1.807, 2.05) is 36.4 Å². The smallest absolute Gasteiger partial charge is 0.230 e. The van der Waals surface area contributed by atoms with E-state index >= 15 is 0 Å². The van der Waals surface area contributed by atoms with Crippen molar-refractivity contribution < 1.29 is 23.6 Å². The van der Waals surface area contributed by atoms with Crippen molar-refractivity contribution in [2.24, 2.45) is 11.8 Å². The molecule has 1 spiro atoms. The van der Waals surface area contributed by atoms with Gasteiger partial charge in [-0.25, -0.2) is 0 Å². The molecule has 2 amide bonds. The zero-order valence-electron chi connectivity index (χ0n) is 16.9. The highest BCUT2D eigenvalue weighted by Crippen LogP contribution is 2.52. The van der Waals surface area contributed by atoms with Crippen LogP contribution in [0, 0.1) is 11.8 Å². The minimum absolute atomic E-state index is 0.0453. The number of rotatable bonds is 6. The lowest BCUT2D eigenvalue weighted by molar-refractivity contribution is -0.143. The molecule has 8 heteroatoms. The molecule has 4 heterocycles. The number of amides is 2. The minimum Gasteiger partial charge on any atom is -0.497 e. The van der Waals surface area contributed by atoms with E-state index in [0.29, 0.717) is 25.4 Å². The van der Waals surface area contributed by atoms with Crippen molar-refractivity contribution in [2.45, 2.75) is 24.8 Å². The van der Waals surface area contributed by atoms with E-state index in [1.165, 1.54) is 0 Å².